The normalized spacial score (nSPS) is 32.1. The van der Waals surface area contributed by atoms with E-state index < -0.39 is 0 Å². The summed E-state index contributed by atoms with van der Waals surface area (Å²) in [5.41, 5.74) is 1.79. The number of hydrogen-bond acceptors (Lipinski definition) is 5. The largest absolute Gasteiger partial charge is 0.508 e. The third-order valence-electron chi connectivity index (χ3n) is 7.92. The molecule has 3 aliphatic carbocycles. The van der Waals surface area contributed by atoms with Gasteiger partial charge in [0.25, 0.3) is 0 Å². The summed E-state index contributed by atoms with van der Waals surface area (Å²) >= 11 is 3.94. The van der Waals surface area contributed by atoms with Gasteiger partial charge in [-0.15, -0.1) is 23.5 Å². The maximum absolute atomic E-state index is 11.0. The van der Waals surface area contributed by atoms with Crippen molar-refractivity contribution in [1.29, 1.82) is 0 Å². The van der Waals surface area contributed by atoms with E-state index in [9.17, 15) is 15.3 Å². The van der Waals surface area contributed by atoms with Crippen LogP contribution in [0, 0.1) is 17.3 Å². The van der Waals surface area contributed by atoms with Gasteiger partial charge in [0.2, 0.25) is 0 Å². The number of fused-ring (bicyclic) bond motifs is 2. The zero-order chi connectivity index (χ0) is 20.8. The zero-order valence-electron chi connectivity index (χ0n) is 18.0. The number of thioether (sulfide) groups is 2. The van der Waals surface area contributed by atoms with E-state index in [0.29, 0.717) is 23.8 Å². The van der Waals surface area contributed by atoms with Crippen LogP contribution in [-0.4, -0.2) is 32.9 Å². The molecule has 3 saturated carbocycles. The average molecular weight is 437 g/mol. The fourth-order valence-corrected chi connectivity index (χ4v) is 9.46. The van der Waals surface area contributed by atoms with Crippen molar-refractivity contribution in [1.82, 2.24) is 0 Å². The summed E-state index contributed by atoms with van der Waals surface area (Å²) in [4.78, 5) is 0. The SMILES string of the molecule is CCCCCCC1(c2cc(O)c([C@@H]3C[C@@H](O)C4CC3C4(C)C)c(O)c2)SCCS1. The second-order valence-corrected chi connectivity index (χ2v) is 12.9. The van der Waals surface area contributed by atoms with Gasteiger partial charge in [0.15, 0.2) is 0 Å². The average Bonchev–Trinajstić information content (AvgIpc) is 3.14. The third kappa shape index (κ3) is 3.70. The number of phenols is 2. The lowest BCUT2D eigenvalue weighted by Gasteiger charge is -2.62. The van der Waals surface area contributed by atoms with Crippen LogP contribution >= 0.6 is 23.5 Å². The van der Waals surface area contributed by atoms with Crippen LogP contribution in [0.4, 0.5) is 0 Å². The van der Waals surface area contributed by atoms with Crippen LogP contribution in [0.5, 0.6) is 11.5 Å². The van der Waals surface area contributed by atoms with Crippen LogP contribution in [0.1, 0.15) is 82.8 Å². The molecule has 5 heteroatoms. The van der Waals surface area contributed by atoms with Crippen LogP contribution < -0.4 is 0 Å². The molecule has 1 aliphatic heterocycles. The van der Waals surface area contributed by atoms with E-state index in [1.54, 1.807) is 0 Å². The minimum atomic E-state index is -0.343. The molecule has 3 nitrogen and oxygen atoms in total. The predicted octanol–water partition coefficient (Wildman–Crippen LogP) is 6.21. The first kappa shape index (κ1) is 21.7. The number of hydrogen-bond donors (Lipinski definition) is 3. The van der Waals surface area contributed by atoms with Crippen LogP contribution in [0.15, 0.2) is 12.1 Å². The van der Waals surface area contributed by atoms with Crippen molar-refractivity contribution in [2.24, 2.45) is 17.3 Å². The molecule has 29 heavy (non-hydrogen) atoms. The van der Waals surface area contributed by atoms with Crippen molar-refractivity contribution in [2.75, 3.05) is 11.5 Å². The second kappa shape index (κ2) is 8.20. The van der Waals surface area contributed by atoms with Gasteiger partial charge in [-0.1, -0.05) is 46.5 Å². The molecule has 4 atom stereocenters. The number of aliphatic hydroxyl groups is 1. The molecule has 3 N–H and O–H groups in total. The summed E-state index contributed by atoms with van der Waals surface area (Å²) in [7, 11) is 0. The maximum atomic E-state index is 11.0. The highest BCUT2D eigenvalue weighted by molar-refractivity contribution is 8.20. The molecule has 4 aliphatic rings. The number of phenolic OH excluding ortho intramolecular Hbond substituents is 2. The van der Waals surface area contributed by atoms with Gasteiger partial charge in [-0.3, -0.25) is 0 Å². The van der Waals surface area contributed by atoms with E-state index in [2.05, 4.69) is 20.8 Å². The summed E-state index contributed by atoms with van der Waals surface area (Å²) < 4.78 is -0.0475. The van der Waals surface area contributed by atoms with Crippen molar-refractivity contribution in [3.8, 4) is 11.5 Å². The number of aliphatic hydroxyl groups excluding tert-OH is 1. The van der Waals surface area contributed by atoms with Crippen molar-refractivity contribution < 1.29 is 15.3 Å². The van der Waals surface area contributed by atoms with E-state index in [-0.39, 0.29) is 33.0 Å². The van der Waals surface area contributed by atoms with Crippen molar-refractivity contribution in [3.63, 3.8) is 0 Å². The van der Waals surface area contributed by atoms with Gasteiger partial charge in [0, 0.05) is 17.1 Å². The number of rotatable bonds is 7. The van der Waals surface area contributed by atoms with Gasteiger partial charge >= 0.3 is 0 Å². The first-order valence-corrected chi connectivity index (χ1v) is 13.3. The monoisotopic (exact) mass is 436 g/mol. The molecule has 2 bridgehead atoms. The lowest BCUT2D eigenvalue weighted by atomic mass is 9.44. The minimum absolute atomic E-state index is 0.0310. The lowest BCUT2D eigenvalue weighted by Crippen LogP contribution is -2.57. The molecule has 1 aromatic carbocycles. The van der Waals surface area contributed by atoms with Crippen molar-refractivity contribution in [3.05, 3.63) is 23.3 Å². The van der Waals surface area contributed by atoms with E-state index in [1.165, 1.54) is 25.7 Å². The molecule has 5 rings (SSSR count). The molecule has 1 heterocycles. The lowest BCUT2D eigenvalue weighted by molar-refractivity contribution is -0.152. The first-order chi connectivity index (χ1) is 13.8. The van der Waals surface area contributed by atoms with Crippen LogP contribution in [0.3, 0.4) is 0 Å². The first-order valence-electron chi connectivity index (χ1n) is 11.3. The summed E-state index contributed by atoms with van der Waals surface area (Å²) in [5, 5.41) is 32.7. The summed E-state index contributed by atoms with van der Waals surface area (Å²) in [6.07, 6.45) is 7.30. The highest BCUT2D eigenvalue weighted by Crippen LogP contribution is 2.66. The molecule has 0 amide bonds. The quantitative estimate of drug-likeness (QED) is 0.444. The van der Waals surface area contributed by atoms with E-state index in [1.807, 2.05) is 35.7 Å². The highest BCUT2D eigenvalue weighted by Gasteiger charge is 2.59. The molecule has 1 aromatic rings. The smallest absolute Gasteiger partial charge is 0.123 e. The van der Waals surface area contributed by atoms with E-state index in [4.69, 9.17) is 0 Å². The van der Waals surface area contributed by atoms with Gasteiger partial charge in [-0.25, -0.2) is 0 Å². The zero-order valence-corrected chi connectivity index (χ0v) is 19.6. The topological polar surface area (TPSA) is 60.7 Å². The summed E-state index contributed by atoms with van der Waals surface area (Å²) in [5.74, 6) is 3.48. The van der Waals surface area contributed by atoms with Gasteiger partial charge in [-0.2, -0.15) is 0 Å². The van der Waals surface area contributed by atoms with Gasteiger partial charge in [-0.05, 0) is 60.1 Å². The third-order valence-corrected chi connectivity index (χ3v) is 11.5. The molecule has 0 radical (unpaired) electrons. The Balaban J connectivity index is 1.61. The van der Waals surface area contributed by atoms with Crippen molar-refractivity contribution >= 4 is 23.5 Å². The fraction of sp³-hybridized carbons (Fsp3) is 0.750. The highest BCUT2D eigenvalue weighted by atomic mass is 32.2. The molecule has 0 spiro atoms. The Bertz CT molecular complexity index is 719. The minimum Gasteiger partial charge on any atom is -0.508 e. The predicted molar refractivity (Wildman–Crippen MR) is 124 cm³/mol. The molecule has 2 unspecified atom stereocenters. The van der Waals surface area contributed by atoms with Crippen LogP contribution in [-0.2, 0) is 4.08 Å². The number of benzene rings is 1. The standard InChI is InChI=1S/C24H36O3S2/c1-4-5-6-7-8-24(28-9-10-29-24)15-11-20(26)22(21(27)12-15)16-13-19(25)18-14-17(16)23(18,2)3/h11-12,16-19,25-27H,4-10,13-14H2,1-3H3/t16-,17?,18?,19-/m1/s1. The van der Waals surface area contributed by atoms with Crippen LogP contribution in [0.2, 0.25) is 0 Å². The van der Waals surface area contributed by atoms with Crippen LogP contribution in [0.25, 0.3) is 0 Å². The Morgan fingerprint density at radius 1 is 0.966 bits per heavy atom. The number of unbranched alkanes of at least 4 members (excludes halogenated alkanes) is 3. The summed E-state index contributed by atoms with van der Waals surface area (Å²) in [6, 6.07) is 3.84. The molecule has 1 saturated heterocycles. The fourth-order valence-electron chi connectivity index (χ4n) is 6.16. The second-order valence-electron chi connectivity index (χ2n) is 9.87. The molecule has 0 aromatic heterocycles. The molecule has 162 valence electrons. The number of aromatic hydroxyl groups is 2. The molecular weight excluding hydrogens is 400 g/mol. The van der Waals surface area contributed by atoms with E-state index in [0.717, 1.165) is 29.9 Å². The Labute approximate surface area is 184 Å². The Hall–Kier alpha value is -0.520. The Morgan fingerprint density at radius 2 is 1.62 bits per heavy atom. The van der Waals surface area contributed by atoms with E-state index >= 15 is 0 Å². The van der Waals surface area contributed by atoms with Crippen molar-refractivity contribution in [2.45, 2.75) is 81.8 Å². The van der Waals surface area contributed by atoms with Gasteiger partial charge in [0.1, 0.15) is 11.5 Å². The van der Waals surface area contributed by atoms with Gasteiger partial charge < -0.3 is 15.3 Å². The molecular formula is C24H36O3S2. The van der Waals surface area contributed by atoms with Gasteiger partial charge in [0.05, 0.1) is 10.2 Å². The Morgan fingerprint density at radius 3 is 2.17 bits per heavy atom. The molecule has 4 fully saturated rings. The maximum Gasteiger partial charge on any atom is 0.123 e. The summed E-state index contributed by atoms with van der Waals surface area (Å²) in [6.45, 7) is 6.68. The Kier molecular flexibility index (Phi) is 6.14.